The predicted molar refractivity (Wildman–Crippen MR) is 140 cm³/mol. The van der Waals surface area contributed by atoms with Gasteiger partial charge in [-0.05, 0) is 55.0 Å². The quantitative estimate of drug-likeness (QED) is 0.126. The topological polar surface area (TPSA) is 92.3 Å². The van der Waals surface area contributed by atoms with Gasteiger partial charge >= 0.3 is 0 Å². The number of aromatic nitrogens is 3. The van der Waals surface area contributed by atoms with Gasteiger partial charge in [0, 0.05) is 26.2 Å². The number of rotatable bonds is 10. The lowest BCUT2D eigenvalue weighted by Gasteiger charge is -2.17. The van der Waals surface area contributed by atoms with Crippen molar-refractivity contribution in [2.75, 3.05) is 13.7 Å². The average molecular weight is 545 g/mol. The van der Waals surface area contributed by atoms with Crippen molar-refractivity contribution in [1.29, 1.82) is 0 Å². The average Bonchev–Trinajstić information content (AvgIpc) is 3.23. The SMILES string of the molecule is COc1cc([C@H](C[N+](=O)[O-])Sc2nnc(C)n2-c2ccc(Cl)cc2)ccc1OCc1ccccc1Cl. The van der Waals surface area contributed by atoms with Crippen molar-refractivity contribution in [3.63, 3.8) is 0 Å². The van der Waals surface area contributed by atoms with Crippen LogP contribution in [0.3, 0.4) is 0 Å². The van der Waals surface area contributed by atoms with Gasteiger partial charge in [-0.3, -0.25) is 14.7 Å². The summed E-state index contributed by atoms with van der Waals surface area (Å²) >= 11 is 13.5. The first-order chi connectivity index (χ1) is 17.4. The Morgan fingerprint density at radius 2 is 1.81 bits per heavy atom. The second kappa shape index (κ2) is 11.6. The van der Waals surface area contributed by atoms with E-state index in [0.717, 1.165) is 11.3 Å². The minimum Gasteiger partial charge on any atom is -0.493 e. The van der Waals surface area contributed by atoms with E-state index in [2.05, 4.69) is 10.2 Å². The zero-order valence-electron chi connectivity index (χ0n) is 19.4. The second-order valence-electron chi connectivity index (χ2n) is 7.75. The lowest BCUT2D eigenvalue weighted by Crippen LogP contribution is -2.11. The number of thioether (sulfide) groups is 1. The molecule has 186 valence electrons. The van der Waals surface area contributed by atoms with Gasteiger partial charge in [-0.2, -0.15) is 0 Å². The molecule has 0 saturated carbocycles. The van der Waals surface area contributed by atoms with Gasteiger partial charge in [-0.15, -0.1) is 10.2 Å². The number of hydrogen-bond donors (Lipinski definition) is 0. The Morgan fingerprint density at radius 3 is 2.50 bits per heavy atom. The number of nitro groups is 1. The third kappa shape index (κ3) is 6.10. The molecule has 0 spiro atoms. The zero-order chi connectivity index (χ0) is 25.7. The Morgan fingerprint density at radius 1 is 1.06 bits per heavy atom. The van der Waals surface area contributed by atoms with E-state index in [9.17, 15) is 10.1 Å². The van der Waals surface area contributed by atoms with Gasteiger partial charge in [0.05, 0.1) is 7.11 Å². The summed E-state index contributed by atoms with van der Waals surface area (Å²) in [4.78, 5) is 11.2. The lowest BCUT2D eigenvalue weighted by molar-refractivity contribution is -0.479. The van der Waals surface area contributed by atoms with E-state index in [1.165, 1.54) is 18.9 Å². The Labute approximate surface area is 222 Å². The van der Waals surface area contributed by atoms with E-state index < -0.39 is 5.25 Å². The van der Waals surface area contributed by atoms with Crippen molar-refractivity contribution in [2.24, 2.45) is 0 Å². The molecule has 0 aliphatic carbocycles. The molecule has 0 aliphatic rings. The molecule has 0 N–H and O–H groups in total. The Balaban J connectivity index is 1.61. The molecule has 8 nitrogen and oxygen atoms in total. The molecule has 1 heterocycles. The molecule has 0 radical (unpaired) electrons. The van der Waals surface area contributed by atoms with Gasteiger partial charge in [0.15, 0.2) is 16.7 Å². The van der Waals surface area contributed by atoms with Gasteiger partial charge in [0.25, 0.3) is 0 Å². The first-order valence-electron chi connectivity index (χ1n) is 10.9. The van der Waals surface area contributed by atoms with Crippen molar-refractivity contribution >= 4 is 35.0 Å². The van der Waals surface area contributed by atoms with Crippen LogP contribution in [-0.4, -0.2) is 33.3 Å². The Kier molecular flexibility index (Phi) is 8.35. The van der Waals surface area contributed by atoms with Gasteiger partial charge in [0.1, 0.15) is 17.7 Å². The molecule has 36 heavy (non-hydrogen) atoms. The van der Waals surface area contributed by atoms with Gasteiger partial charge in [-0.25, -0.2) is 0 Å². The molecule has 1 atom stereocenters. The van der Waals surface area contributed by atoms with Crippen LogP contribution < -0.4 is 9.47 Å². The number of hydrogen-bond acceptors (Lipinski definition) is 7. The summed E-state index contributed by atoms with van der Waals surface area (Å²) < 4.78 is 13.3. The van der Waals surface area contributed by atoms with E-state index in [1.807, 2.05) is 41.8 Å². The minimum atomic E-state index is -0.554. The van der Waals surface area contributed by atoms with Crippen molar-refractivity contribution < 1.29 is 14.4 Å². The normalized spacial score (nSPS) is 11.8. The highest BCUT2D eigenvalue weighted by Crippen LogP contribution is 2.39. The van der Waals surface area contributed by atoms with E-state index >= 15 is 0 Å². The smallest absolute Gasteiger partial charge is 0.220 e. The minimum absolute atomic E-state index is 0.256. The highest BCUT2D eigenvalue weighted by Gasteiger charge is 2.25. The lowest BCUT2D eigenvalue weighted by atomic mass is 10.1. The maximum Gasteiger partial charge on any atom is 0.220 e. The summed E-state index contributed by atoms with van der Waals surface area (Å²) in [6, 6.07) is 19.9. The zero-order valence-corrected chi connectivity index (χ0v) is 21.8. The molecular formula is C25H22Cl2N4O4S. The molecule has 0 fully saturated rings. The first kappa shape index (κ1) is 25.8. The number of aryl methyl sites for hydroxylation is 1. The third-order valence-corrected chi connectivity index (χ3v) is 7.14. The third-order valence-electron chi connectivity index (χ3n) is 5.34. The largest absolute Gasteiger partial charge is 0.493 e. The fraction of sp³-hybridized carbons (Fsp3) is 0.200. The highest BCUT2D eigenvalue weighted by molar-refractivity contribution is 7.99. The summed E-state index contributed by atoms with van der Waals surface area (Å²) in [7, 11) is 1.53. The van der Waals surface area contributed by atoms with Crippen LogP contribution in [0.15, 0.2) is 71.9 Å². The molecule has 0 bridgehead atoms. The van der Waals surface area contributed by atoms with E-state index in [4.69, 9.17) is 32.7 Å². The maximum atomic E-state index is 11.5. The van der Waals surface area contributed by atoms with Crippen molar-refractivity contribution in [2.45, 2.75) is 23.9 Å². The summed E-state index contributed by atoms with van der Waals surface area (Å²) in [6.07, 6.45) is 0. The molecule has 0 saturated heterocycles. The molecular weight excluding hydrogens is 523 g/mol. The number of methoxy groups -OCH3 is 1. The van der Waals surface area contributed by atoms with Crippen LogP contribution in [0.4, 0.5) is 0 Å². The standard InChI is InChI=1S/C25H22Cl2N4O4S/c1-16-28-29-25(31(16)20-10-8-19(26)9-11-20)36-24(14-30(32)33)17-7-12-22(23(13-17)34-2)35-15-18-5-3-4-6-21(18)27/h3-13,24H,14-15H2,1-2H3/t24-/m0/s1. The molecule has 4 rings (SSSR count). The molecule has 4 aromatic rings. The van der Waals surface area contributed by atoms with Gasteiger partial charge in [-0.1, -0.05) is 59.2 Å². The molecule has 0 unspecified atom stereocenters. The number of halogens is 2. The van der Waals surface area contributed by atoms with Crippen LogP contribution in [0.1, 0.15) is 22.2 Å². The van der Waals surface area contributed by atoms with Gasteiger partial charge in [0.2, 0.25) is 6.54 Å². The van der Waals surface area contributed by atoms with Crippen molar-refractivity contribution in [3.8, 4) is 17.2 Å². The van der Waals surface area contributed by atoms with Gasteiger partial charge < -0.3 is 9.47 Å². The maximum absolute atomic E-state index is 11.5. The monoisotopic (exact) mass is 544 g/mol. The number of nitrogens with zero attached hydrogens (tertiary/aromatic N) is 4. The summed E-state index contributed by atoms with van der Waals surface area (Å²) in [5.74, 6) is 1.62. The summed E-state index contributed by atoms with van der Waals surface area (Å²) in [5, 5.41) is 21.2. The number of benzene rings is 3. The Hall–Kier alpha value is -3.27. The molecule has 3 aromatic carbocycles. The summed E-state index contributed by atoms with van der Waals surface area (Å²) in [6.45, 7) is 1.76. The van der Waals surface area contributed by atoms with Crippen molar-refractivity contribution in [3.05, 3.63) is 104 Å². The molecule has 11 heteroatoms. The Bertz CT molecular complexity index is 1360. The fourth-order valence-electron chi connectivity index (χ4n) is 3.55. The van der Waals surface area contributed by atoms with Crippen LogP contribution in [0.25, 0.3) is 5.69 Å². The van der Waals surface area contributed by atoms with E-state index in [-0.39, 0.29) is 18.1 Å². The van der Waals surface area contributed by atoms with E-state index in [0.29, 0.717) is 38.1 Å². The number of ether oxygens (including phenoxy) is 2. The van der Waals surface area contributed by atoms with Crippen LogP contribution in [0, 0.1) is 17.0 Å². The molecule has 0 amide bonds. The van der Waals surface area contributed by atoms with E-state index in [1.54, 1.807) is 36.4 Å². The second-order valence-corrected chi connectivity index (χ2v) is 9.77. The first-order valence-corrected chi connectivity index (χ1v) is 12.5. The van der Waals surface area contributed by atoms with Crippen LogP contribution in [0.5, 0.6) is 11.5 Å². The molecule has 0 aliphatic heterocycles. The van der Waals surface area contributed by atoms with Crippen LogP contribution in [-0.2, 0) is 6.61 Å². The predicted octanol–water partition coefficient (Wildman–Crippen LogP) is 6.58. The molecule has 1 aromatic heterocycles. The van der Waals surface area contributed by atoms with Crippen molar-refractivity contribution in [1.82, 2.24) is 14.8 Å². The fourth-order valence-corrected chi connectivity index (χ4v) is 5.04. The summed E-state index contributed by atoms with van der Waals surface area (Å²) in [5.41, 5.74) is 2.34. The van der Waals surface area contributed by atoms with Crippen LogP contribution >= 0.6 is 35.0 Å². The highest BCUT2D eigenvalue weighted by atomic mass is 35.5. The van der Waals surface area contributed by atoms with Crippen LogP contribution in [0.2, 0.25) is 10.0 Å².